The third-order valence-corrected chi connectivity index (χ3v) is 2.97. The zero-order valence-electron chi connectivity index (χ0n) is 14.0. The van der Waals surface area contributed by atoms with E-state index in [-0.39, 0.29) is 42.8 Å². The first-order valence-corrected chi connectivity index (χ1v) is 7.40. The van der Waals surface area contributed by atoms with Gasteiger partial charge in [0.05, 0.1) is 24.4 Å². The number of carbonyl (C=O) groups is 2. The Balaban J connectivity index is 0.00000484. The first-order valence-electron chi connectivity index (χ1n) is 7.40. The molecule has 0 bridgehead atoms. The van der Waals surface area contributed by atoms with E-state index in [1.165, 1.54) is 0 Å². The van der Waals surface area contributed by atoms with Crippen molar-refractivity contribution in [2.45, 2.75) is 39.8 Å². The van der Waals surface area contributed by atoms with Crippen LogP contribution in [0.1, 0.15) is 27.7 Å². The molecule has 6 nitrogen and oxygen atoms in total. The molecule has 2 amide bonds. The third kappa shape index (κ3) is 7.34. The van der Waals surface area contributed by atoms with E-state index < -0.39 is 6.04 Å². The number of hydrogen-bond acceptors (Lipinski definition) is 4. The lowest BCUT2D eigenvalue weighted by Crippen LogP contribution is -2.46. The molecule has 1 aromatic carbocycles. The van der Waals surface area contributed by atoms with Crippen LogP contribution in [0.3, 0.4) is 0 Å². The van der Waals surface area contributed by atoms with Gasteiger partial charge in [-0.3, -0.25) is 9.59 Å². The molecule has 4 N–H and O–H groups in total. The van der Waals surface area contributed by atoms with Crippen LogP contribution in [0.25, 0.3) is 0 Å². The summed E-state index contributed by atoms with van der Waals surface area (Å²) in [7, 11) is 0. The summed E-state index contributed by atoms with van der Waals surface area (Å²) >= 11 is 0. The molecule has 7 heteroatoms. The molecule has 0 aliphatic carbocycles. The molecule has 130 valence electrons. The lowest BCUT2D eigenvalue weighted by atomic mass is 10.1. The van der Waals surface area contributed by atoms with Crippen molar-refractivity contribution in [3.63, 3.8) is 0 Å². The average molecular weight is 344 g/mol. The number of anilines is 1. The highest BCUT2D eigenvalue weighted by atomic mass is 35.5. The Kier molecular flexibility index (Phi) is 9.29. The van der Waals surface area contributed by atoms with Crippen LogP contribution in [0, 0.1) is 5.92 Å². The summed E-state index contributed by atoms with van der Waals surface area (Å²) in [5, 5.41) is 5.25. The fourth-order valence-electron chi connectivity index (χ4n) is 1.71. The quantitative estimate of drug-likeness (QED) is 0.705. The number of benzene rings is 1. The average Bonchev–Trinajstić information content (AvgIpc) is 2.45. The summed E-state index contributed by atoms with van der Waals surface area (Å²) in [6.45, 7) is 7.39. The lowest BCUT2D eigenvalue weighted by Gasteiger charge is -2.16. The summed E-state index contributed by atoms with van der Waals surface area (Å²) in [4.78, 5) is 23.6. The van der Waals surface area contributed by atoms with Crippen LogP contribution in [0.15, 0.2) is 24.3 Å². The largest absolute Gasteiger partial charge is 0.489 e. The highest BCUT2D eigenvalue weighted by Gasteiger charge is 2.18. The zero-order chi connectivity index (χ0) is 16.7. The SMILES string of the molecule is CC(C)Oc1ccccc1NC(=O)CNC(=O)[C@@H](N)C(C)C.Cl. The number of carbonyl (C=O) groups excluding carboxylic acids is 2. The summed E-state index contributed by atoms with van der Waals surface area (Å²) in [6, 6.07) is 6.54. The van der Waals surface area contributed by atoms with Crippen molar-refractivity contribution in [3.05, 3.63) is 24.3 Å². The van der Waals surface area contributed by atoms with Crippen LogP contribution in [0.4, 0.5) is 5.69 Å². The normalized spacial score (nSPS) is 11.6. The van der Waals surface area contributed by atoms with Crippen molar-refractivity contribution >= 4 is 29.9 Å². The number of nitrogens with one attached hydrogen (secondary N) is 2. The van der Waals surface area contributed by atoms with Crippen LogP contribution in [-0.4, -0.2) is 30.5 Å². The van der Waals surface area contributed by atoms with Gasteiger partial charge in [0.25, 0.3) is 0 Å². The molecule has 0 aliphatic heterocycles. The van der Waals surface area contributed by atoms with Crippen molar-refractivity contribution in [1.82, 2.24) is 5.32 Å². The van der Waals surface area contributed by atoms with Gasteiger partial charge in [0.2, 0.25) is 11.8 Å². The number of para-hydroxylation sites is 2. The summed E-state index contributed by atoms with van der Waals surface area (Å²) in [5.74, 6) is -0.0553. The molecule has 0 heterocycles. The van der Waals surface area contributed by atoms with E-state index in [0.717, 1.165) is 0 Å². The highest BCUT2D eigenvalue weighted by molar-refractivity contribution is 5.96. The molecule has 23 heavy (non-hydrogen) atoms. The second-order valence-corrected chi connectivity index (χ2v) is 5.70. The van der Waals surface area contributed by atoms with Gasteiger partial charge in [0, 0.05) is 0 Å². The standard InChI is InChI=1S/C16H25N3O3.ClH/c1-10(2)15(17)16(21)18-9-14(20)19-12-7-5-6-8-13(12)22-11(3)4;/h5-8,10-11,15H,9,17H2,1-4H3,(H,18,21)(H,19,20);1H/t15-;/m0./s1. The van der Waals surface area contributed by atoms with Crippen molar-refractivity contribution in [2.75, 3.05) is 11.9 Å². The van der Waals surface area contributed by atoms with Gasteiger partial charge in [-0.05, 0) is 31.9 Å². The van der Waals surface area contributed by atoms with Crippen LogP contribution < -0.4 is 21.1 Å². The van der Waals surface area contributed by atoms with E-state index in [4.69, 9.17) is 10.5 Å². The number of nitrogens with two attached hydrogens (primary N) is 1. The number of hydrogen-bond donors (Lipinski definition) is 3. The van der Waals surface area contributed by atoms with Gasteiger partial charge in [0.15, 0.2) is 0 Å². The van der Waals surface area contributed by atoms with E-state index in [9.17, 15) is 9.59 Å². The molecular formula is C16H26ClN3O3. The van der Waals surface area contributed by atoms with E-state index in [2.05, 4.69) is 10.6 Å². The minimum absolute atomic E-state index is 0. The van der Waals surface area contributed by atoms with Crippen molar-refractivity contribution < 1.29 is 14.3 Å². The molecule has 1 aromatic rings. The van der Waals surface area contributed by atoms with Crippen LogP contribution in [-0.2, 0) is 9.59 Å². The number of halogens is 1. The van der Waals surface area contributed by atoms with Crippen LogP contribution in [0.5, 0.6) is 5.75 Å². The van der Waals surface area contributed by atoms with Gasteiger partial charge in [-0.2, -0.15) is 0 Å². The molecule has 0 saturated heterocycles. The molecule has 1 rings (SSSR count). The van der Waals surface area contributed by atoms with Gasteiger partial charge in [-0.15, -0.1) is 12.4 Å². The highest BCUT2D eigenvalue weighted by Crippen LogP contribution is 2.24. The van der Waals surface area contributed by atoms with Gasteiger partial charge in [-0.1, -0.05) is 26.0 Å². The smallest absolute Gasteiger partial charge is 0.243 e. The van der Waals surface area contributed by atoms with Crippen molar-refractivity contribution in [2.24, 2.45) is 11.7 Å². The molecule has 0 radical (unpaired) electrons. The predicted molar refractivity (Wildman–Crippen MR) is 93.9 cm³/mol. The minimum atomic E-state index is -0.621. The Hall–Kier alpha value is -1.79. The second kappa shape index (κ2) is 10.1. The molecule has 0 aromatic heterocycles. The topological polar surface area (TPSA) is 93.5 Å². The molecule has 0 unspecified atom stereocenters. The maximum atomic E-state index is 11.9. The van der Waals surface area contributed by atoms with Crippen LogP contribution in [0.2, 0.25) is 0 Å². The van der Waals surface area contributed by atoms with Gasteiger partial charge < -0.3 is 21.1 Å². The van der Waals surface area contributed by atoms with E-state index >= 15 is 0 Å². The Morgan fingerprint density at radius 2 is 1.78 bits per heavy atom. The lowest BCUT2D eigenvalue weighted by molar-refractivity contribution is -0.125. The first kappa shape index (κ1) is 21.2. The predicted octanol–water partition coefficient (Wildman–Crippen LogP) is 1.93. The summed E-state index contributed by atoms with van der Waals surface area (Å²) < 4.78 is 5.62. The van der Waals surface area contributed by atoms with Gasteiger partial charge >= 0.3 is 0 Å². The number of amides is 2. The van der Waals surface area contributed by atoms with Crippen LogP contribution >= 0.6 is 12.4 Å². The summed E-state index contributed by atoms with van der Waals surface area (Å²) in [5.41, 5.74) is 6.29. The minimum Gasteiger partial charge on any atom is -0.489 e. The molecule has 0 saturated carbocycles. The Morgan fingerprint density at radius 1 is 1.17 bits per heavy atom. The number of rotatable bonds is 7. The van der Waals surface area contributed by atoms with E-state index in [1.807, 2.05) is 33.8 Å². The van der Waals surface area contributed by atoms with Gasteiger partial charge in [-0.25, -0.2) is 0 Å². The maximum absolute atomic E-state index is 11.9. The van der Waals surface area contributed by atoms with Crippen molar-refractivity contribution in [3.8, 4) is 5.75 Å². The molecule has 0 spiro atoms. The Bertz CT molecular complexity index is 521. The molecular weight excluding hydrogens is 318 g/mol. The third-order valence-electron chi connectivity index (χ3n) is 2.97. The molecule has 0 aliphatic rings. The maximum Gasteiger partial charge on any atom is 0.243 e. The first-order chi connectivity index (χ1) is 10.3. The second-order valence-electron chi connectivity index (χ2n) is 5.70. The molecule has 1 atom stereocenters. The molecule has 0 fully saturated rings. The van der Waals surface area contributed by atoms with Gasteiger partial charge in [0.1, 0.15) is 5.75 Å². The van der Waals surface area contributed by atoms with Crippen molar-refractivity contribution in [1.29, 1.82) is 0 Å². The number of ether oxygens (including phenoxy) is 1. The van der Waals surface area contributed by atoms with E-state index in [0.29, 0.717) is 11.4 Å². The monoisotopic (exact) mass is 343 g/mol. The Labute approximate surface area is 143 Å². The Morgan fingerprint density at radius 3 is 2.35 bits per heavy atom. The fourth-order valence-corrected chi connectivity index (χ4v) is 1.71. The van der Waals surface area contributed by atoms with E-state index in [1.54, 1.807) is 18.2 Å². The fraction of sp³-hybridized carbons (Fsp3) is 0.500. The zero-order valence-corrected chi connectivity index (χ0v) is 14.8. The summed E-state index contributed by atoms with van der Waals surface area (Å²) in [6.07, 6.45) is 0.00166.